The third-order valence-corrected chi connectivity index (χ3v) is 6.90. The second-order valence-corrected chi connectivity index (χ2v) is 9.29. The highest BCUT2D eigenvalue weighted by molar-refractivity contribution is 7.92. The number of hydrogen-bond donors (Lipinski definition) is 1. The van der Waals surface area contributed by atoms with Crippen molar-refractivity contribution in [2.45, 2.75) is 24.8 Å². The lowest BCUT2D eigenvalue weighted by atomic mass is 10.1. The fourth-order valence-corrected chi connectivity index (χ4v) is 4.86. The number of carbonyl (C=O) groups excluding carboxylic acids is 1. The maximum absolute atomic E-state index is 13.4. The van der Waals surface area contributed by atoms with Crippen LogP contribution >= 0.6 is 0 Å². The van der Waals surface area contributed by atoms with Gasteiger partial charge >= 0.3 is 0 Å². The summed E-state index contributed by atoms with van der Waals surface area (Å²) in [5, 5.41) is 2.83. The molecule has 1 amide bonds. The van der Waals surface area contributed by atoms with Crippen LogP contribution in [0, 0.1) is 5.82 Å². The molecule has 34 heavy (non-hydrogen) atoms. The molecule has 1 atom stereocenters. The summed E-state index contributed by atoms with van der Waals surface area (Å²) in [6.07, 6.45) is 0. The molecule has 0 heterocycles. The minimum absolute atomic E-state index is 0.131. The van der Waals surface area contributed by atoms with Crippen LogP contribution in [0.4, 0.5) is 10.1 Å². The van der Waals surface area contributed by atoms with Gasteiger partial charge in [0.05, 0.1) is 30.3 Å². The molecule has 0 saturated carbocycles. The molecule has 3 aromatic carbocycles. The third kappa shape index (κ3) is 5.85. The van der Waals surface area contributed by atoms with Crippen molar-refractivity contribution in [2.75, 3.05) is 24.6 Å². The molecule has 0 radical (unpaired) electrons. The minimum atomic E-state index is -4.16. The maximum Gasteiger partial charge on any atom is 0.264 e. The Kier molecular flexibility index (Phi) is 8.12. The van der Waals surface area contributed by atoms with Gasteiger partial charge in [-0.05, 0) is 68.4 Å². The van der Waals surface area contributed by atoms with E-state index in [1.165, 1.54) is 19.2 Å². The average Bonchev–Trinajstić information content (AvgIpc) is 2.83. The molecule has 0 aliphatic carbocycles. The van der Waals surface area contributed by atoms with Crippen LogP contribution < -0.4 is 19.1 Å². The summed E-state index contributed by atoms with van der Waals surface area (Å²) in [6, 6.07) is 17.6. The van der Waals surface area contributed by atoms with E-state index in [9.17, 15) is 17.6 Å². The monoisotopic (exact) mass is 486 g/mol. The number of benzene rings is 3. The van der Waals surface area contributed by atoms with Crippen molar-refractivity contribution in [3.05, 3.63) is 84.2 Å². The Morgan fingerprint density at radius 1 is 1.03 bits per heavy atom. The van der Waals surface area contributed by atoms with E-state index in [2.05, 4.69) is 5.32 Å². The van der Waals surface area contributed by atoms with E-state index in [1.807, 2.05) is 25.1 Å². The first-order chi connectivity index (χ1) is 16.3. The predicted octanol–water partition coefficient (Wildman–Crippen LogP) is 4.31. The molecule has 3 aromatic rings. The Balaban J connectivity index is 1.90. The smallest absolute Gasteiger partial charge is 0.264 e. The average molecular weight is 487 g/mol. The van der Waals surface area contributed by atoms with E-state index in [0.29, 0.717) is 18.1 Å². The standard InChI is InChI=1S/C25H27FN2O5S/c1-4-33-21-13-11-20(12-14-21)28(34(30,31)22-15-9-19(26)10-16-22)17-25(29)27-18(2)23-7-5-6-8-24(23)32-3/h5-16,18H,4,17H2,1-3H3,(H,27,29). The van der Waals surface area contributed by atoms with E-state index in [-0.39, 0.29) is 10.6 Å². The van der Waals surface area contributed by atoms with E-state index in [1.54, 1.807) is 37.3 Å². The highest BCUT2D eigenvalue weighted by atomic mass is 32.2. The number of methoxy groups -OCH3 is 1. The molecule has 0 bridgehead atoms. The molecule has 1 N–H and O–H groups in total. The number of halogens is 1. The highest BCUT2D eigenvalue weighted by Crippen LogP contribution is 2.27. The maximum atomic E-state index is 13.4. The van der Waals surface area contributed by atoms with Gasteiger partial charge in [0.2, 0.25) is 5.91 Å². The minimum Gasteiger partial charge on any atom is -0.496 e. The summed E-state index contributed by atoms with van der Waals surface area (Å²) in [6.45, 7) is 3.60. The summed E-state index contributed by atoms with van der Waals surface area (Å²) in [5.74, 6) is 0.102. The number of nitrogens with one attached hydrogen (secondary N) is 1. The molecule has 0 fully saturated rings. The van der Waals surface area contributed by atoms with Gasteiger partial charge in [0.15, 0.2) is 0 Å². The van der Waals surface area contributed by atoms with Crippen LogP contribution in [0.3, 0.4) is 0 Å². The Morgan fingerprint density at radius 3 is 2.29 bits per heavy atom. The third-order valence-electron chi connectivity index (χ3n) is 5.11. The number of hydrogen-bond acceptors (Lipinski definition) is 5. The lowest BCUT2D eigenvalue weighted by Crippen LogP contribution is -2.41. The molecule has 1 unspecified atom stereocenters. The zero-order valence-electron chi connectivity index (χ0n) is 19.2. The summed E-state index contributed by atoms with van der Waals surface area (Å²) in [4.78, 5) is 12.8. The molecule has 0 aliphatic heterocycles. The first-order valence-corrected chi connectivity index (χ1v) is 12.1. The Labute approximate surface area is 199 Å². The summed E-state index contributed by atoms with van der Waals surface area (Å²) < 4.78 is 52.0. The van der Waals surface area contributed by atoms with Gasteiger partial charge in [0.25, 0.3) is 10.0 Å². The van der Waals surface area contributed by atoms with Crippen molar-refractivity contribution in [3.8, 4) is 11.5 Å². The molecule has 0 spiro atoms. The van der Waals surface area contributed by atoms with Crippen molar-refractivity contribution in [1.29, 1.82) is 0 Å². The SMILES string of the molecule is CCOc1ccc(N(CC(=O)NC(C)c2ccccc2OC)S(=O)(=O)c2ccc(F)cc2)cc1. The van der Waals surface area contributed by atoms with Gasteiger partial charge in [-0.1, -0.05) is 18.2 Å². The quantitative estimate of drug-likeness (QED) is 0.462. The van der Waals surface area contributed by atoms with Gasteiger partial charge in [-0.25, -0.2) is 12.8 Å². The summed E-state index contributed by atoms with van der Waals surface area (Å²) >= 11 is 0. The van der Waals surface area contributed by atoms with Gasteiger partial charge in [-0.3, -0.25) is 9.10 Å². The largest absolute Gasteiger partial charge is 0.496 e. The molecule has 0 aromatic heterocycles. The highest BCUT2D eigenvalue weighted by Gasteiger charge is 2.28. The van der Waals surface area contributed by atoms with Gasteiger partial charge < -0.3 is 14.8 Å². The first-order valence-electron chi connectivity index (χ1n) is 10.7. The number of amides is 1. The number of anilines is 1. The van der Waals surface area contributed by atoms with Gasteiger partial charge in [-0.15, -0.1) is 0 Å². The van der Waals surface area contributed by atoms with Crippen LogP contribution in [0.1, 0.15) is 25.5 Å². The second-order valence-electron chi connectivity index (χ2n) is 7.42. The topological polar surface area (TPSA) is 84.9 Å². The zero-order chi connectivity index (χ0) is 24.7. The first kappa shape index (κ1) is 25.0. The van der Waals surface area contributed by atoms with Gasteiger partial charge in [0.1, 0.15) is 23.9 Å². The van der Waals surface area contributed by atoms with Crippen LogP contribution in [-0.2, 0) is 14.8 Å². The lowest BCUT2D eigenvalue weighted by Gasteiger charge is -2.25. The van der Waals surface area contributed by atoms with E-state index in [0.717, 1.165) is 22.0 Å². The molecule has 0 aliphatic rings. The fourth-order valence-electron chi connectivity index (χ4n) is 3.44. The van der Waals surface area contributed by atoms with Crippen molar-refractivity contribution in [2.24, 2.45) is 0 Å². The van der Waals surface area contributed by atoms with Crippen LogP contribution in [-0.4, -0.2) is 34.6 Å². The molecular weight excluding hydrogens is 459 g/mol. The number of sulfonamides is 1. The Bertz CT molecular complexity index is 1210. The van der Waals surface area contributed by atoms with Crippen molar-refractivity contribution in [1.82, 2.24) is 5.32 Å². The van der Waals surface area contributed by atoms with Crippen molar-refractivity contribution < 1.29 is 27.1 Å². The Morgan fingerprint density at radius 2 is 1.68 bits per heavy atom. The van der Waals surface area contributed by atoms with E-state index < -0.39 is 34.3 Å². The number of rotatable bonds is 10. The summed E-state index contributed by atoms with van der Waals surface area (Å²) in [5.41, 5.74) is 1.03. The second kappa shape index (κ2) is 11.0. The molecule has 9 heteroatoms. The zero-order valence-corrected chi connectivity index (χ0v) is 20.0. The normalized spacial score (nSPS) is 12.0. The number of nitrogens with zero attached hydrogens (tertiary/aromatic N) is 1. The van der Waals surface area contributed by atoms with Crippen molar-refractivity contribution >= 4 is 21.6 Å². The number of ether oxygens (including phenoxy) is 2. The molecular formula is C25H27FN2O5S. The number of para-hydroxylation sites is 1. The molecule has 180 valence electrons. The van der Waals surface area contributed by atoms with Crippen LogP contribution in [0.25, 0.3) is 0 Å². The van der Waals surface area contributed by atoms with Gasteiger partial charge in [-0.2, -0.15) is 0 Å². The molecule has 7 nitrogen and oxygen atoms in total. The van der Waals surface area contributed by atoms with E-state index in [4.69, 9.17) is 9.47 Å². The predicted molar refractivity (Wildman–Crippen MR) is 128 cm³/mol. The lowest BCUT2D eigenvalue weighted by molar-refractivity contribution is -0.120. The van der Waals surface area contributed by atoms with Crippen LogP contribution in [0.15, 0.2) is 77.7 Å². The van der Waals surface area contributed by atoms with Crippen LogP contribution in [0.5, 0.6) is 11.5 Å². The van der Waals surface area contributed by atoms with Crippen molar-refractivity contribution in [3.63, 3.8) is 0 Å². The summed E-state index contributed by atoms with van der Waals surface area (Å²) in [7, 11) is -2.63. The number of carbonyl (C=O) groups is 1. The molecule has 3 rings (SSSR count). The Hall–Kier alpha value is -3.59. The fraction of sp³-hybridized carbons (Fsp3) is 0.240. The van der Waals surface area contributed by atoms with Crippen LogP contribution in [0.2, 0.25) is 0 Å². The van der Waals surface area contributed by atoms with Gasteiger partial charge in [0, 0.05) is 5.56 Å². The molecule has 0 saturated heterocycles. The van der Waals surface area contributed by atoms with E-state index >= 15 is 0 Å².